The van der Waals surface area contributed by atoms with Gasteiger partial charge in [0.25, 0.3) is 5.91 Å². The number of amides is 3. The van der Waals surface area contributed by atoms with Crippen LogP contribution in [0.1, 0.15) is 35.1 Å². The van der Waals surface area contributed by atoms with E-state index in [4.69, 9.17) is 5.73 Å². The Kier molecular flexibility index (Phi) is 7.88. The number of rotatable bonds is 6. The van der Waals surface area contributed by atoms with Gasteiger partial charge >= 0.3 is 12.4 Å². The summed E-state index contributed by atoms with van der Waals surface area (Å²) in [6, 6.07) is 5.50. The third kappa shape index (κ3) is 6.35. The topological polar surface area (TPSA) is 134 Å². The summed E-state index contributed by atoms with van der Waals surface area (Å²) in [4.78, 5) is 30.0. The lowest BCUT2D eigenvalue weighted by Crippen LogP contribution is -2.50. The smallest absolute Gasteiger partial charge is 0.403 e. The van der Waals surface area contributed by atoms with Gasteiger partial charge in [0.05, 0.1) is 0 Å². The van der Waals surface area contributed by atoms with Gasteiger partial charge in [0.2, 0.25) is 10.0 Å². The molecule has 1 fully saturated rings. The first kappa shape index (κ1) is 30.0. The SMILES string of the molecule is Cc1cc(N(C)C(N)=O)cc(C)c1C=CS(=O)(=O)N1CCC2(CC1)N=C(c1ccc(F)c(OC(F)(F)F)c1)NC2=O. The van der Waals surface area contributed by atoms with Crippen molar-refractivity contribution in [3.8, 4) is 5.75 Å². The maximum atomic E-state index is 13.8. The van der Waals surface area contributed by atoms with Crippen molar-refractivity contribution < 1.29 is 40.3 Å². The average Bonchev–Trinajstić information content (AvgIpc) is 3.18. The Balaban J connectivity index is 1.49. The number of piperidine rings is 1. The molecule has 4 rings (SSSR count). The van der Waals surface area contributed by atoms with Crippen molar-refractivity contribution >= 4 is 39.6 Å². The molecule has 0 aliphatic carbocycles. The zero-order valence-electron chi connectivity index (χ0n) is 22.3. The molecule has 10 nitrogen and oxygen atoms in total. The van der Waals surface area contributed by atoms with Crippen molar-refractivity contribution in [3.63, 3.8) is 0 Å². The first-order valence-electron chi connectivity index (χ1n) is 12.3. The predicted molar refractivity (Wildman–Crippen MR) is 143 cm³/mol. The monoisotopic (exact) mass is 597 g/mol. The highest BCUT2D eigenvalue weighted by atomic mass is 32.2. The van der Waals surface area contributed by atoms with E-state index in [9.17, 15) is 35.6 Å². The highest BCUT2D eigenvalue weighted by molar-refractivity contribution is 7.92. The van der Waals surface area contributed by atoms with Crippen molar-refractivity contribution in [2.24, 2.45) is 10.7 Å². The number of hydrogen-bond donors (Lipinski definition) is 2. The number of urea groups is 1. The van der Waals surface area contributed by atoms with Crippen LogP contribution in [0.4, 0.5) is 28.0 Å². The van der Waals surface area contributed by atoms with E-state index in [2.05, 4.69) is 15.0 Å². The van der Waals surface area contributed by atoms with E-state index in [1.165, 1.54) is 22.3 Å². The predicted octanol–water partition coefficient (Wildman–Crippen LogP) is 3.57. The summed E-state index contributed by atoms with van der Waals surface area (Å²) in [6.07, 6.45) is -3.60. The lowest BCUT2D eigenvalue weighted by molar-refractivity contribution is -0.275. The number of anilines is 1. The number of aliphatic imine (C=N–C) groups is 1. The molecule has 3 amide bonds. The van der Waals surface area contributed by atoms with E-state index in [1.54, 1.807) is 26.0 Å². The Morgan fingerprint density at radius 2 is 1.78 bits per heavy atom. The molecule has 41 heavy (non-hydrogen) atoms. The molecule has 0 bridgehead atoms. The number of primary amides is 1. The Morgan fingerprint density at radius 1 is 1.17 bits per heavy atom. The number of nitrogens with two attached hydrogens (primary N) is 1. The van der Waals surface area contributed by atoms with Gasteiger partial charge in [-0.2, -0.15) is 4.31 Å². The molecular weight excluding hydrogens is 570 g/mol. The number of amidine groups is 1. The molecule has 0 saturated carbocycles. The minimum atomic E-state index is -5.11. The van der Waals surface area contributed by atoms with Crippen LogP contribution in [-0.4, -0.2) is 62.5 Å². The van der Waals surface area contributed by atoms with Crippen LogP contribution in [0.5, 0.6) is 5.75 Å². The zero-order valence-corrected chi connectivity index (χ0v) is 23.1. The molecule has 3 N–H and O–H groups in total. The van der Waals surface area contributed by atoms with Crippen LogP contribution in [0, 0.1) is 19.7 Å². The average molecular weight is 598 g/mol. The van der Waals surface area contributed by atoms with Crippen molar-refractivity contribution in [1.82, 2.24) is 9.62 Å². The summed E-state index contributed by atoms with van der Waals surface area (Å²) in [5, 5.41) is 3.58. The van der Waals surface area contributed by atoms with Gasteiger partial charge in [0, 0.05) is 36.8 Å². The molecule has 2 aromatic rings. The standard InChI is InChI=1S/C26H27F4N5O5S/c1-15-12-18(34(3)24(31)37)13-16(2)19(15)6-11-41(38,39)35-9-7-25(8-10-35)23(36)32-22(33-25)17-4-5-20(27)21(14-17)40-26(28,29)30/h4-6,11-14H,7-10H2,1-3H3,(H2,31,37)(H,32,33,36). The van der Waals surface area contributed by atoms with Gasteiger partial charge in [0.15, 0.2) is 11.6 Å². The Bertz CT molecular complexity index is 1540. The molecular formula is C26H27F4N5O5S. The first-order chi connectivity index (χ1) is 19.0. The van der Waals surface area contributed by atoms with Gasteiger partial charge in [-0.3, -0.25) is 14.7 Å². The Morgan fingerprint density at radius 3 is 2.34 bits per heavy atom. The van der Waals surface area contributed by atoms with Gasteiger partial charge < -0.3 is 15.8 Å². The number of alkyl halides is 3. The van der Waals surface area contributed by atoms with E-state index >= 15 is 0 Å². The second kappa shape index (κ2) is 10.8. The van der Waals surface area contributed by atoms with Crippen molar-refractivity contribution in [2.45, 2.75) is 38.6 Å². The van der Waals surface area contributed by atoms with Crippen LogP contribution in [0.15, 0.2) is 40.7 Å². The molecule has 2 heterocycles. The summed E-state index contributed by atoms with van der Waals surface area (Å²) in [6.45, 7) is 3.47. The maximum absolute atomic E-state index is 13.8. The molecule has 0 radical (unpaired) electrons. The summed E-state index contributed by atoms with van der Waals surface area (Å²) in [5.74, 6) is -2.90. The van der Waals surface area contributed by atoms with Gasteiger partial charge in [-0.05, 0) is 79.8 Å². The van der Waals surface area contributed by atoms with E-state index in [0.717, 1.165) is 34.7 Å². The fraction of sp³-hybridized carbons (Fsp3) is 0.346. The summed E-state index contributed by atoms with van der Waals surface area (Å²) in [5.41, 5.74) is 6.68. The highest BCUT2D eigenvalue weighted by Crippen LogP contribution is 2.34. The number of aryl methyl sites for hydroxylation is 2. The van der Waals surface area contributed by atoms with Gasteiger partial charge in [-0.25, -0.2) is 17.6 Å². The molecule has 2 aliphatic heterocycles. The van der Waals surface area contributed by atoms with Crippen LogP contribution in [-0.2, 0) is 14.8 Å². The number of halogens is 4. The van der Waals surface area contributed by atoms with Gasteiger partial charge in [0.1, 0.15) is 11.4 Å². The van der Waals surface area contributed by atoms with Crippen LogP contribution in [0.2, 0.25) is 0 Å². The normalized spacial score (nSPS) is 17.5. The number of nitrogens with one attached hydrogen (secondary N) is 1. The highest BCUT2D eigenvalue weighted by Gasteiger charge is 2.47. The number of carbonyl (C=O) groups excluding carboxylic acids is 2. The Labute approximate surface area is 233 Å². The minimum absolute atomic E-state index is 0.00707. The molecule has 1 spiro atoms. The van der Waals surface area contributed by atoms with Crippen LogP contribution >= 0.6 is 0 Å². The second-order valence-corrected chi connectivity index (χ2v) is 11.6. The van der Waals surface area contributed by atoms with Gasteiger partial charge in [-0.1, -0.05) is 0 Å². The second-order valence-electron chi connectivity index (χ2n) is 9.78. The Hall–Kier alpha value is -3.98. The fourth-order valence-electron chi connectivity index (χ4n) is 4.73. The summed E-state index contributed by atoms with van der Waals surface area (Å²) < 4.78 is 82.7. The number of sulfonamides is 1. The minimum Gasteiger partial charge on any atom is -0.403 e. The van der Waals surface area contributed by atoms with Crippen LogP contribution < -0.4 is 20.7 Å². The van der Waals surface area contributed by atoms with E-state index in [1.807, 2.05) is 0 Å². The number of benzene rings is 2. The van der Waals surface area contributed by atoms with Crippen molar-refractivity contribution in [2.75, 3.05) is 25.0 Å². The fourth-order valence-corrected chi connectivity index (χ4v) is 5.90. The van der Waals surface area contributed by atoms with Crippen molar-refractivity contribution in [3.05, 3.63) is 63.8 Å². The molecule has 2 aliphatic rings. The molecule has 0 aromatic heterocycles. The molecule has 1 saturated heterocycles. The van der Waals surface area contributed by atoms with E-state index in [0.29, 0.717) is 11.3 Å². The zero-order chi connectivity index (χ0) is 30.3. The quantitative estimate of drug-likeness (QED) is 0.491. The van der Waals surface area contributed by atoms with E-state index in [-0.39, 0.29) is 37.3 Å². The van der Waals surface area contributed by atoms with Crippen LogP contribution in [0.25, 0.3) is 6.08 Å². The molecule has 15 heteroatoms. The maximum Gasteiger partial charge on any atom is 0.573 e. The third-order valence-electron chi connectivity index (χ3n) is 7.02. The van der Waals surface area contributed by atoms with Crippen LogP contribution in [0.3, 0.4) is 0 Å². The van der Waals surface area contributed by atoms with E-state index < -0.39 is 45.4 Å². The molecule has 220 valence electrons. The number of ether oxygens (including phenoxy) is 1. The molecule has 0 unspecified atom stereocenters. The summed E-state index contributed by atoms with van der Waals surface area (Å²) in [7, 11) is -2.36. The number of hydrogen-bond acceptors (Lipinski definition) is 6. The number of nitrogens with zero attached hydrogens (tertiary/aromatic N) is 3. The third-order valence-corrected chi connectivity index (χ3v) is 8.59. The van der Waals surface area contributed by atoms with Gasteiger partial charge in [-0.15, -0.1) is 13.2 Å². The largest absolute Gasteiger partial charge is 0.573 e. The number of carbonyl (C=O) groups is 2. The lowest BCUT2D eigenvalue weighted by Gasteiger charge is -2.34. The first-order valence-corrected chi connectivity index (χ1v) is 13.8. The molecule has 2 aromatic carbocycles. The lowest BCUT2D eigenvalue weighted by atomic mass is 9.89. The summed E-state index contributed by atoms with van der Waals surface area (Å²) >= 11 is 0. The molecule has 0 atom stereocenters. The van der Waals surface area contributed by atoms with Crippen molar-refractivity contribution in [1.29, 1.82) is 0 Å².